The zero-order valence-electron chi connectivity index (χ0n) is 7.84. The second-order valence-corrected chi connectivity index (χ2v) is 3.29. The predicted molar refractivity (Wildman–Crippen MR) is 47.6 cm³/mol. The van der Waals surface area contributed by atoms with Crippen LogP contribution in [0.1, 0.15) is 17.6 Å². The molecule has 7 heteroatoms. The number of aromatic nitrogens is 1. The molecular weight excluding hydrogens is 209 g/mol. The molecule has 0 aromatic carbocycles. The minimum Gasteiger partial charge on any atom is -0.315 e. The fourth-order valence-electron chi connectivity index (χ4n) is 1.40. The predicted octanol–water partition coefficient (Wildman–Crippen LogP) is 1.33. The average Bonchev–Trinajstić information content (AvgIpc) is 2.41. The van der Waals surface area contributed by atoms with Crippen LogP contribution < -0.4 is 11.2 Å². The van der Waals surface area contributed by atoms with Gasteiger partial charge in [-0.15, -0.1) is 0 Å². The molecule has 0 radical (unpaired) electrons. The minimum absolute atomic E-state index is 0.215. The molecule has 1 atom stereocenters. The first-order valence-electron chi connectivity index (χ1n) is 4.23. The molecular formula is C8H9F3N4. The Morgan fingerprint density at radius 1 is 1.47 bits per heavy atom. The Hall–Kier alpha value is -1.34. The van der Waals surface area contributed by atoms with Crippen molar-refractivity contribution in [3.63, 3.8) is 0 Å². The number of anilines is 1. The van der Waals surface area contributed by atoms with Crippen molar-refractivity contribution in [3.8, 4) is 0 Å². The van der Waals surface area contributed by atoms with Gasteiger partial charge in [-0.3, -0.25) is 0 Å². The molecule has 82 valence electrons. The van der Waals surface area contributed by atoms with Gasteiger partial charge in [0.25, 0.3) is 0 Å². The van der Waals surface area contributed by atoms with E-state index in [1.807, 2.05) is 0 Å². The molecule has 1 aliphatic rings. The van der Waals surface area contributed by atoms with Gasteiger partial charge in [-0.05, 0) is 12.1 Å². The van der Waals surface area contributed by atoms with Crippen molar-refractivity contribution >= 4 is 5.69 Å². The van der Waals surface area contributed by atoms with Gasteiger partial charge >= 0.3 is 6.18 Å². The molecule has 0 spiro atoms. The van der Waals surface area contributed by atoms with Crippen LogP contribution in [0.15, 0.2) is 12.1 Å². The maximum Gasteiger partial charge on any atom is 0.433 e. The van der Waals surface area contributed by atoms with Crippen molar-refractivity contribution in [3.05, 3.63) is 23.5 Å². The van der Waals surface area contributed by atoms with E-state index in [4.69, 9.17) is 5.73 Å². The topological polar surface area (TPSA) is 54.2 Å². The standard InChI is InChI=1S/C8H9F3N4/c1-15-7(12)6-4(14-15)2-3-5(13-6)8(9,10)11/h2-3,7,14H,12H2,1H3. The summed E-state index contributed by atoms with van der Waals surface area (Å²) in [4.78, 5) is 3.50. The van der Waals surface area contributed by atoms with Crippen molar-refractivity contribution in [2.24, 2.45) is 5.73 Å². The summed E-state index contributed by atoms with van der Waals surface area (Å²) in [5.41, 5.74) is 8.24. The summed E-state index contributed by atoms with van der Waals surface area (Å²) in [6.45, 7) is 0. The van der Waals surface area contributed by atoms with E-state index in [-0.39, 0.29) is 5.69 Å². The number of pyridine rings is 1. The number of nitrogens with one attached hydrogen (secondary N) is 1. The van der Waals surface area contributed by atoms with Crippen molar-refractivity contribution in [2.45, 2.75) is 12.3 Å². The van der Waals surface area contributed by atoms with Crippen LogP contribution in [0.5, 0.6) is 0 Å². The van der Waals surface area contributed by atoms with Gasteiger partial charge in [0.15, 0.2) is 0 Å². The van der Waals surface area contributed by atoms with Crippen LogP contribution in [0.25, 0.3) is 0 Å². The van der Waals surface area contributed by atoms with Gasteiger partial charge in [-0.2, -0.15) is 13.2 Å². The molecule has 1 aromatic heterocycles. The van der Waals surface area contributed by atoms with Crippen LogP contribution in [-0.2, 0) is 6.18 Å². The maximum absolute atomic E-state index is 12.3. The third-order valence-electron chi connectivity index (χ3n) is 2.21. The Labute approximate surface area is 83.9 Å². The number of nitrogens with zero attached hydrogens (tertiary/aromatic N) is 2. The molecule has 3 N–H and O–H groups in total. The van der Waals surface area contributed by atoms with Crippen LogP contribution in [0.4, 0.5) is 18.9 Å². The lowest BCUT2D eigenvalue weighted by Crippen LogP contribution is -2.29. The molecule has 2 rings (SSSR count). The summed E-state index contributed by atoms with van der Waals surface area (Å²) < 4.78 is 37.0. The van der Waals surface area contributed by atoms with E-state index in [1.54, 1.807) is 7.05 Å². The van der Waals surface area contributed by atoms with Crippen LogP contribution in [0.2, 0.25) is 0 Å². The number of nitrogens with two attached hydrogens (primary N) is 1. The van der Waals surface area contributed by atoms with Gasteiger partial charge < -0.3 is 11.2 Å². The highest BCUT2D eigenvalue weighted by molar-refractivity contribution is 5.52. The smallest absolute Gasteiger partial charge is 0.315 e. The van der Waals surface area contributed by atoms with E-state index in [2.05, 4.69) is 10.4 Å². The summed E-state index contributed by atoms with van der Waals surface area (Å²) >= 11 is 0. The first-order valence-corrected chi connectivity index (χ1v) is 4.23. The fraction of sp³-hybridized carbons (Fsp3) is 0.375. The van der Waals surface area contributed by atoms with Crippen molar-refractivity contribution < 1.29 is 13.2 Å². The molecule has 0 aliphatic carbocycles. The van der Waals surface area contributed by atoms with Crippen molar-refractivity contribution in [1.82, 2.24) is 9.99 Å². The minimum atomic E-state index is -4.43. The highest BCUT2D eigenvalue weighted by Gasteiger charge is 2.35. The number of rotatable bonds is 0. The second-order valence-electron chi connectivity index (χ2n) is 3.29. The molecule has 15 heavy (non-hydrogen) atoms. The van der Waals surface area contributed by atoms with Crippen LogP contribution in [0.3, 0.4) is 0 Å². The lowest BCUT2D eigenvalue weighted by Gasteiger charge is -2.13. The van der Waals surface area contributed by atoms with E-state index >= 15 is 0 Å². The fourth-order valence-corrected chi connectivity index (χ4v) is 1.40. The lowest BCUT2D eigenvalue weighted by atomic mass is 10.2. The molecule has 0 saturated heterocycles. The van der Waals surface area contributed by atoms with Gasteiger partial charge in [0.2, 0.25) is 0 Å². The Balaban J connectivity index is 2.44. The highest BCUT2D eigenvalue weighted by atomic mass is 19.4. The van der Waals surface area contributed by atoms with Gasteiger partial charge in [0.1, 0.15) is 11.9 Å². The number of hydrogen-bond acceptors (Lipinski definition) is 4. The van der Waals surface area contributed by atoms with E-state index in [0.717, 1.165) is 6.07 Å². The molecule has 0 amide bonds. The zero-order valence-corrected chi connectivity index (χ0v) is 7.84. The summed E-state index contributed by atoms with van der Waals surface area (Å²) in [6.07, 6.45) is -5.09. The number of hydrogen-bond donors (Lipinski definition) is 2. The Morgan fingerprint density at radius 2 is 2.13 bits per heavy atom. The SMILES string of the molecule is CN1Nc2ccc(C(F)(F)F)nc2C1N. The van der Waals surface area contributed by atoms with E-state index < -0.39 is 18.0 Å². The molecule has 4 nitrogen and oxygen atoms in total. The summed E-state index contributed by atoms with van der Waals surface area (Å²) in [5, 5.41) is 1.50. The second kappa shape index (κ2) is 3.07. The Bertz CT molecular complexity index is 390. The molecule has 1 aliphatic heterocycles. The molecule has 0 saturated carbocycles. The first-order chi connectivity index (χ1) is 6.89. The summed E-state index contributed by atoms with van der Waals surface area (Å²) in [5.74, 6) is 0. The van der Waals surface area contributed by atoms with Gasteiger partial charge in [-0.25, -0.2) is 9.99 Å². The van der Waals surface area contributed by atoms with Crippen LogP contribution >= 0.6 is 0 Å². The van der Waals surface area contributed by atoms with Crippen molar-refractivity contribution in [2.75, 3.05) is 12.5 Å². The molecule has 0 fully saturated rings. The molecule has 2 heterocycles. The van der Waals surface area contributed by atoms with Crippen molar-refractivity contribution in [1.29, 1.82) is 0 Å². The maximum atomic E-state index is 12.3. The molecule has 1 unspecified atom stereocenters. The van der Waals surface area contributed by atoms with Crippen LogP contribution in [-0.4, -0.2) is 17.0 Å². The number of hydrazine groups is 1. The molecule has 1 aromatic rings. The molecule has 0 bridgehead atoms. The summed E-state index contributed by atoms with van der Waals surface area (Å²) in [7, 11) is 1.64. The largest absolute Gasteiger partial charge is 0.433 e. The Morgan fingerprint density at radius 3 is 2.73 bits per heavy atom. The van der Waals surface area contributed by atoms with Gasteiger partial charge in [0.05, 0.1) is 11.4 Å². The summed E-state index contributed by atoms with van der Waals surface area (Å²) in [6, 6.07) is 2.26. The number of halogens is 3. The van der Waals surface area contributed by atoms with Crippen LogP contribution in [0, 0.1) is 0 Å². The number of alkyl halides is 3. The van der Waals surface area contributed by atoms with E-state index in [1.165, 1.54) is 11.1 Å². The average molecular weight is 218 g/mol. The van der Waals surface area contributed by atoms with Gasteiger partial charge in [-0.1, -0.05) is 0 Å². The van der Waals surface area contributed by atoms with E-state index in [0.29, 0.717) is 5.69 Å². The lowest BCUT2D eigenvalue weighted by molar-refractivity contribution is -0.141. The quantitative estimate of drug-likeness (QED) is 0.689. The first kappa shape index (κ1) is 10.2. The third-order valence-corrected chi connectivity index (χ3v) is 2.21. The monoisotopic (exact) mass is 218 g/mol. The Kier molecular flexibility index (Phi) is 2.09. The van der Waals surface area contributed by atoms with Gasteiger partial charge in [0, 0.05) is 7.05 Å². The normalized spacial score (nSPS) is 21.3. The number of fused-ring (bicyclic) bond motifs is 1. The van der Waals surface area contributed by atoms with E-state index in [9.17, 15) is 13.2 Å². The zero-order chi connectivity index (χ0) is 11.2. The third kappa shape index (κ3) is 1.64. The highest BCUT2D eigenvalue weighted by Crippen LogP contribution is 2.34.